The lowest BCUT2D eigenvalue weighted by Gasteiger charge is -2.19. The first-order valence-corrected chi connectivity index (χ1v) is 8.48. The van der Waals surface area contributed by atoms with Gasteiger partial charge in [0.1, 0.15) is 0 Å². The molecule has 0 spiro atoms. The normalized spacial score (nSPS) is 20.1. The van der Waals surface area contributed by atoms with Gasteiger partial charge in [-0.25, -0.2) is 0 Å². The molecule has 0 bridgehead atoms. The third kappa shape index (κ3) is 3.97. The number of carbonyl (C=O) groups excluding carboxylic acids is 2. The Morgan fingerprint density at radius 3 is 2.40 bits per heavy atom. The van der Waals surface area contributed by atoms with Crippen molar-refractivity contribution >= 4 is 17.9 Å². The maximum absolute atomic E-state index is 12.5. The van der Waals surface area contributed by atoms with E-state index in [1.807, 2.05) is 23.1 Å². The first kappa shape index (κ1) is 17.0. The summed E-state index contributed by atoms with van der Waals surface area (Å²) >= 11 is 0. The molecular formula is C21H22N2O2. The summed E-state index contributed by atoms with van der Waals surface area (Å²) in [5.74, 6) is -0.0437. The van der Waals surface area contributed by atoms with Crippen molar-refractivity contribution in [2.75, 3.05) is 6.54 Å². The lowest BCUT2D eigenvalue weighted by atomic mass is 9.97. The van der Waals surface area contributed by atoms with Gasteiger partial charge in [0.05, 0.1) is 0 Å². The summed E-state index contributed by atoms with van der Waals surface area (Å²) in [6.45, 7) is 2.84. The highest BCUT2D eigenvalue weighted by Crippen LogP contribution is 2.31. The molecule has 2 atom stereocenters. The molecule has 1 heterocycles. The second-order valence-electron chi connectivity index (χ2n) is 6.50. The summed E-state index contributed by atoms with van der Waals surface area (Å²) in [7, 11) is 0. The fourth-order valence-electron chi connectivity index (χ4n) is 3.33. The van der Waals surface area contributed by atoms with Crippen LogP contribution in [0.3, 0.4) is 0 Å². The van der Waals surface area contributed by atoms with Gasteiger partial charge in [-0.1, -0.05) is 42.5 Å². The molecule has 3 rings (SSSR count). The lowest BCUT2D eigenvalue weighted by Crippen LogP contribution is -2.32. The van der Waals surface area contributed by atoms with E-state index in [0.717, 1.165) is 18.5 Å². The van der Waals surface area contributed by atoms with E-state index in [9.17, 15) is 9.59 Å². The van der Waals surface area contributed by atoms with Gasteiger partial charge in [-0.05, 0) is 42.7 Å². The monoisotopic (exact) mass is 334 g/mol. The highest BCUT2D eigenvalue weighted by Gasteiger charge is 2.31. The third-order valence-corrected chi connectivity index (χ3v) is 4.74. The molecule has 1 saturated heterocycles. The van der Waals surface area contributed by atoms with Gasteiger partial charge in [-0.15, -0.1) is 0 Å². The molecule has 0 unspecified atom stereocenters. The molecular weight excluding hydrogens is 312 g/mol. The van der Waals surface area contributed by atoms with Crippen LogP contribution in [-0.2, 0) is 4.79 Å². The van der Waals surface area contributed by atoms with Gasteiger partial charge in [0.25, 0.3) is 0 Å². The molecule has 2 aromatic rings. The van der Waals surface area contributed by atoms with Gasteiger partial charge in [-0.3, -0.25) is 9.59 Å². The van der Waals surface area contributed by atoms with Crippen molar-refractivity contribution < 1.29 is 9.59 Å². The zero-order valence-electron chi connectivity index (χ0n) is 14.3. The summed E-state index contributed by atoms with van der Waals surface area (Å²) < 4.78 is 0. The van der Waals surface area contributed by atoms with Gasteiger partial charge in [-0.2, -0.15) is 0 Å². The standard InChI is InChI=1S/C21H22N2O2/c1-15-13-19(17-5-3-2-4-6-17)14-23(15)20(24)12-9-16-7-10-18(11-8-16)21(22)25/h2-12,15,19H,13-14H2,1H3,(H2,22,25)/b12-9+/t15-,19+/m1/s1. The van der Waals surface area contributed by atoms with Crippen molar-refractivity contribution in [3.8, 4) is 0 Å². The molecule has 0 aromatic heterocycles. The Hall–Kier alpha value is -2.88. The van der Waals surface area contributed by atoms with E-state index in [0.29, 0.717) is 11.5 Å². The van der Waals surface area contributed by atoms with Crippen LogP contribution in [0.4, 0.5) is 0 Å². The van der Waals surface area contributed by atoms with Crippen LogP contribution < -0.4 is 5.73 Å². The van der Waals surface area contributed by atoms with Crippen molar-refractivity contribution in [2.24, 2.45) is 5.73 Å². The SMILES string of the molecule is C[C@@H]1C[C@H](c2ccccc2)CN1C(=O)/C=C/c1ccc(C(N)=O)cc1. The predicted molar refractivity (Wildman–Crippen MR) is 99.0 cm³/mol. The highest BCUT2D eigenvalue weighted by molar-refractivity contribution is 5.94. The number of rotatable bonds is 4. The molecule has 0 radical (unpaired) electrons. The molecule has 0 saturated carbocycles. The first-order valence-electron chi connectivity index (χ1n) is 8.48. The minimum Gasteiger partial charge on any atom is -0.366 e. The van der Waals surface area contributed by atoms with E-state index < -0.39 is 5.91 Å². The number of benzene rings is 2. The second-order valence-corrected chi connectivity index (χ2v) is 6.50. The molecule has 25 heavy (non-hydrogen) atoms. The Labute approximate surface area is 148 Å². The average Bonchev–Trinajstić information content (AvgIpc) is 3.02. The van der Waals surface area contributed by atoms with Crippen LogP contribution in [-0.4, -0.2) is 29.3 Å². The largest absolute Gasteiger partial charge is 0.366 e. The fraction of sp³-hybridized carbons (Fsp3) is 0.238. The number of nitrogens with zero attached hydrogens (tertiary/aromatic N) is 1. The van der Waals surface area contributed by atoms with Gasteiger partial charge >= 0.3 is 0 Å². The smallest absolute Gasteiger partial charge is 0.248 e. The van der Waals surface area contributed by atoms with Gasteiger partial charge in [0.15, 0.2) is 0 Å². The molecule has 128 valence electrons. The van der Waals surface area contributed by atoms with Crippen LogP contribution in [0, 0.1) is 0 Å². The second kappa shape index (κ2) is 7.34. The lowest BCUT2D eigenvalue weighted by molar-refractivity contribution is -0.126. The van der Waals surface area contributed by atoms with Crippen LogP contribution in [0.15, 0.2) is 60.7 Å². The molecule has 4 heteroatoms. The number of hydrogen-bond acceptors (Lipinski definition) is 2. The van der Waals surface area contributed by atoms with Crippen molar-refractivity contribution in [2.45, 2.75) is 25.3 Å². The first-order chi connectivity index (χ1) is 12.0. The van der Waals surface area contributed by atoms with E-state index in [1.54, 1.807) is 36.4 Å². The van der Waals surface area contributed by atoms with Crippen molar-refractivity contribution in [3.63, 3.8) is 0 Å². The van der Waals surface area contributed by atoms with E-state index in [-0.39, 0.29) is 11.9 Å². The number of carbonyl (C=O) groups is 2. The molecule has 1 aliphatic heterocycles. The minimum absolute atomic E-state index is 0.0184. The molecule has 2 aromatic carbocycles. The molecule has 2 N–H and O–H groups in total. The Bertz CT molecular complexity index is 781. The van der Waals surface area contributed by atoms with E-state index in [1.165, 1.54) is 5.56 Å². The van der Waals surface area contributed by atoms with Crippen molar-refractivity contribution in [3.05, 3.63) is 77.4 Å². The Morgan fingerprint density at radius 2 is 1.76 bits per heavy atom. The number of nitrogens with two attached hydrogens (primary N) is 1. The molecule has 1 aliphatic rings. The summed E-state index contributed by atoms with van der Waals surface area (Å²) in [6, 6.07) is 17.5. The fourth-order valence-corrected chi connectivity index (χ4v) is 3.33. The number of hydrogen-bond donors (Lipinski definition) is 1. The van der Waals surface area contributed by atoms with Gasteiger partial charge in [0.2, 0.25) is 11.8 Å². The molecule has 0 aliphatic carbocycles. The zero-order chi connectivity index (χ0) is 17.8. The quantitative estimate of drug-likeness (QED) is 0.873. The number of likely N-dealkylation sites (tertiary alicyclic amines) is 1. The van der Waals surface area contributed by atoms with Crippen LogP contribution >= 0.6 is 0 Å². The average molecular weight is 334 g/mol. The van der Waals surface area contributed by atoms with E-state index in [2.05, 4.69) is 19.1 Å². The third-order valence-electron chi connectivity index (χ3n) is 4.74. The maximum atomic E-state index is 12.5. The van der Waals surface area contributed by atoms with Crippen molar-refractivity contribution in [1.82, 2.24) is 4.90 Å². The molecule has 1 fully saturated rings. The summed E-state index contributed by atoms with van der Waals surface area (Å²) in [5.41, 5.74) is 7.84. The Kier molecular flexibility index (Phi) is 4.98. The van der Waals surface area contributed by atoms with Crippen LogP contribution in [0.25, 0.3) is 6.08 Å². The van der Waals surface area contributed by atoms with Crippen LogP contribution in [0.2, 0.25) is 0 Å². The van der Waals surface area contributed by atoms with Crippen molar-refractivity contribution in [1.29, 1.82) is 0 Å². The maximum Gasteiger partial charge on any atom is 0.248 e. The molecule has 4 nitrogen and oxygen atoms in total. The summed E-state index contributed by atoms with van der Waals surface area (Å²) in [5, 5.41) is 0. The van der Waals surface area contributed by atoms with Gasteiger partial charge < -0.3 is 10.6 Å². The van der Waals surface area contributed by atoms with Gasteiger partial charge in [0, 0.05) is 30.1 Å². The van der Waals surface area contributed by atoms with E-state index >= 15 is 0 Å². The van der Waals surface area contributed by atoms with Crippen LogP contribution in [0.1, 0.15) is 40.7 Å². The van der Waals surface area contributed by atoms with Crippen LogP contribution in [0.5, 0.6) is 0 Å². The predicted octanol–water partition coefficient (Wildman–Crippen LogP) is 3.20. The number of amides is 2. The Morgan fingerprint density at radius 1 is 1.08 bits per heavy atom. The Balaban J connectivity index is 1.65. The topological polar surface area (TPSA) is 63.4 Å². The zero-order valence-corrected chi connectivity index (χ0v) is 14.3. The summed E-state index contributed by atoms with van der Waals surface area (Å²) in [6.07, 6.45) is 4.36. The minimum atomic E-state index is -0.454. The highest BCUT2D eigenvalue weighted by atomic mass is 16.2. The summed E-state index contributed by atoms with van der Waals surface area (Å²) in [4.78, 5) is 25.5. The number of primary amides is 1. The molecule has 2 amide bonds. The van der Waals surface area contributed by atoms with E-state index in [4.69, 9.17) is 5.73 Å².